The van der Waals surface area contributed by atoms with Gasteiger partial charge in [0.1, 0.15) is 4.88 Å². The largest absolute Gasteiger partial charge is 0.477 e. The minimum atomic E-state index is -1.00. The quantitative estimate of drug-likeness (QED) is 0.542. The second-order valence-corrected chi connectivity index (χ2v) is 9.67. The van der Waals surface area contributed by atoms with Crippen molar-refractivity contribution in [2.45, 2.75) is 79.2 Å². The molecule has 0 unspecified atom stereocenters. The van der Waals surface area contributed by atoms with Crippen molar-refractivity contribution in [2.24, 2.45) is 11.3 Å². The monoisotopic (exact) mass is 389 g/mol. The van der Waals surface area contributed by atoms with Gasteiger partial charge in [0.2, 0.25) is 5.91 Å². The molecule has 148 valence electrons. The zero-order valence-corrected chi connectivity index (χ0v) is 17.9. The maximum absolute atomic E-state index is 13.3. The zero-order valence-electron chi connectivity index (χ0n) is 17.1. The highest BCUT2D eigenvalue weighted by atomic mass is 32.1. The van der Waals surface area contributed by atoms with Crippen LogP contribution in [0.1, 0.15) is 87.7 Å². The molecule has 1 fully saturated rings. The second-order valence-electron chi connectivity index (χ2n) is 8.62. The Kier molecular flexibility index (Phi) is 7.11. The summed E-state index contributed by atoms with van der Waals surface area (Å²) < 4.78 is 0. The summed E-state index contributed by atoms with van der Waals surface area (Å²) in [6, 6.07) is 1.68. The van der Waals surface area contributed by atoms with Crippen LogP contribution in [0, 0.1) is 23.2 Å². The average Bonchev–Trinajstić information content (AvgIpc) is 2.78. The van der Waals surface area contributed by atoms with Crippen molar-refractivity contribution < 1.29 is 14.7 Å². The molecular formula is C22H31NO3S. The molecule has 0 aromatic carbocycles. The Labute approximate surface area is 167 Å². The molecule has 0 aliphatic heterocycles. The van der Waals surface area contributed by atoms with Crippen molar-refractivity contribution in [2.75, 3.05) is 4.90 Å². The van der Waals surface area contributed by atoms with E-state index in [2.05, 4.69) is 11.8 Å². The van der Waals surface area contributed by atoms with Gasteiger partial charge in [0.05, 0.1) is 10.6 Å². The topological polar surface area (TPSA) is 57.6 Å². The Hall–Kier alpha value is -1.80. The lowest BCUT2D eigenvalue weighted by Crippen LogP contribution is -2.41. The molecule has 2 rings (SSSR count). The molecule has 0 atom stereocenters. The van der Waals surface area contributed by atoms with Crippen molar-refractivity contribution in [3.8, 4) is 11.8 Å². The molecule has 27 heavy (non-hydrogen) atoms. The highest BCUT2D eigenvalue weighted by Crippen LogP contribution is 2.34. The number of hydrogen-bond donors (Lipinski definition) is 1. The number of aromatic carboxylic acids is 1. The molecule has 0 bridgehead atoms. The summed E-state index contributed by atoms with van der Waals surface area (Å²) in [7, 11) is 0. The molecular weight excluding hydrogens is 358 g/mol. The van der Waals surface area contributed by atoms with Crippen LogP contribution in [-0.4, -0.2) is 23.0 Å². The Balaban J connectivity index is 2.42. The fourth-order valence-corrected chi connectivity index (χ4v) is 4.24. The Morgan fingerprint density at radius 1 is 1.19 bits per heavy atom. The molecule has 1 heterocycles. The summed E-state index contributed by atoms with van der Waals surface area (Å²) in [5.74, 6) is 5.28. The first-order valence-electron chi connectivity index (χ1n) is 9.83. The number of amides is 1. The standard InChI is InChI=1S/C22H31NO3S/c1-15(2)23(20(24)16-10-8-6-7-9-11-16)18-14-17(12-13-22(3,4)5)27-19(18)21(25)26/h14-16H,6-11H2,1-5H3,(H,25,26). The van der Waals surface area contributed by atoms with Crippen LogP contribution in [0.3, 0.4) is 0 Å². The summed E-state index contributed by atoms with van der Waals surface area (Å²) >= 11 is 1.16. The predicted molar refractivity (Wildman–Crippen MR) is 111 cm³/mol. The minimum absolute atomic E-state index is 0.0134. The van der Waals surface area contributed by atoms with Gasteiger partial charge in [0, 0.05) is 17.4 Å². The Morgan fingerprint density at radius 3 is 2.26 bits per heavy atom. The van der Waals surface area contributed by atoms with Crippen LogP contribution in [0.25, 0.3) is 0 Å². The summed E-state index contributed by atoms with van der Waals surface area (Å²) in [6.45, 7) is 9.94. The van der Waals surface area contributed by atoms with E-state index in [1.165, 1.54) is 12.8 Å². The molecule has 4 nitrogen and oxygen atoms in total. The van der Waals surface area contributed by atoms with Gasteiger partial charge in [0.25, 0.3) is 0 Å². The average molecular weight is 390 g/mol. The SMILES string of the molecule is CC(C)N(C(=O)C1CCCCCC1)c1cc(C#CC(C)(C)C)sc1C(=O)O. The van der Waals surface area contributed by atoms with Crippen LogP contribution in [-0.2, 0) is 4.79 Å². The van der Waals surface area contributed by atoms with E-state index in [0.717, 1.165) is 37.0 Å². The van der Waals surface area contributed by atoms with E-state index in [1.807, 2.05) is 34.6 Å². The number of anilines is 1. The van der Waals surface area contributed by atoms with Crippen LogP contribution in [0.4, 0.5) is 5.69 Å². The zero-order chi connectivity index (χ0) is 20.2. The second kappa shape index (κ2) is 8.93. The van der Waals surface area contributed by atoms with Crippen LogP contribution in [0.15, 0.2) is 6.07 Å². The number of nitrogens with zero attached hydrogens (tertiary/aromatic N) is 1. The fraction of sp³-hybridized carbons (Fsp3) is 0.636. The minimum Gasteiger partial charge on any atom is -0.477 e. The summed E-state index contributed by atoms with van der Waals surface area (Å²) in [5.41, 5.74) is 0.330. The van der Waals surface area contributed by atoms with Crippen LogP contribution in [0.5, 0.6) is 0 Å². The molecule has 1 N–H and O–H groups in total. The molecule has 1 saturated carbocycles. The molecule has 1 amide bonds. The third kappa shape index (κ3) is 5.84. The molecule has 1 aromatic heterocycles. The molecule has 1 aliphatic rings. The van der Waals surface area contributed by atoms with E-state index in [9.17, 15) is 14.7 Å². The van der Waals surface area contributed by atoms with Crippen LogP contribution in [0.2, 0.25) is 0 Å². The van der Waals surface area contributed by atoms with Gasteiger partial charge in [-0.1, -0.05) is 37.5 Å². The summed E-state index contributed by atoms with van der Waals surface area (Å²) in [4.78, 5) is 27.7. The van der Waals surface area contributed by atoms with Crippen molar-refractivity contribution in [3.05, 3.63) is 15.8 Å². The first-order chi connectivity index (χ1) is 12.6. The van der Waals surface area contributed by atoms with E-state index in [4.69, 9.17) is 0 Å². The lowest BCUT2D eigenvalue weighted by atomic mass is 9.97. The summed E-state index contributed by atoms with van der Waals surface area (Å²) in [6.07, 6.45) is 6.28. The molecule has 5 heteroatoms. The number of rotatable bonds is 4. The summed E-state index contributed by atoms with van der Waals surface area (Å²) in [5, 5.41) is 9.70. The van der Waals surface area contributed by atoms with Crippen LogP contribution >= 0.6 is 11.3 Å². The van der Waals surface area contributed by atoms with Gasteiger partial charge < -0.3 is 10.0 Å². The van der Waals surface area contributed by atoms with Crippen molar-refractivity contribution in [3.63, 3.8) is 0 Å². The smallest absolute Gasteiger partial charge is 0.348 e. The number of carbonyl (C=O) groups is 2. The molecule has 1 aliphatic carbocycles. The van der Waals surface area contributed by atoms with E-state index in [-0.39, 0.29) is 28.2 Å². The molecule has 0 saturated heterocycles. The first kappa shape index (κ1) is 21.5. The van der Waals surface area contributed by atoms with E-state index in [1.54, 1.807) is 11.0 Å². The Bertz CT molecular complexity index is 738. The lowest BCUT2D eigenvalue weighted by Gasteiger charge is -2.30. The highest BCUT2D eigenvalue weighted by Gasteiger charge is 2.31. The number of carboxylic acids is 1. The third-order valence-corrected chi connectivity index (χ3v) is 5.71. The first-order valence-corrected chi connectivity index (χ1v) is 10.6. The van der Waals surface area contributed by atoms with Gasteiger partial charge in [-0.05, 0) is 53.5 Å². The Morgan fingerprint density at radius 2 is 1.78 bits per heavy atom. The molecule has 0 spiro atoms. The van der Waals surface area contributed by atoms with Crippen molar-refractivity contribution >= 4 is 28.9 Å². The van der Waals surface area contributed by atoms with Crippen LogP contribution < -0.4 is 4.90 Å². The van der Waals surface area contributed by atoms with Gasteiger partial charge in [-0.3, -0.25) is 4.79 Å². The van der Waals surface area contributed by atoms with Crippen molar-refractivity contribution in [1.82, 2.24) is 0 Å². The van der Waals surface area contributed by atoms with E-state index >= 15 is 0 Å². The number of hydrogen-bond acceptors (Lipinski definition) is 3. The highest BCUT2D eigenvalue weighted by molar-refractivity contribution is 7.15. The fourth-order valence-electron chi connectivity index (χ4n) is 3.40. The molecule has 0 radical (unpaired) electrons. The molecule has 1 aromatic rings. The lowest BCUT2D eigenvalue weighted by molar-refractivity contribution is -0.123. The van der Waals surface area contributed by atoms with Gasteiger partial charge in [0.15, 0.2) is 0 Å². The van der Waals surface area contributed by atoms with Gasteiger partial charge >= 0.3 is 5.97 Å². The maximum atomic E-state index is 13.3. The number of thiophene rings is 1. The van der Waals surface area contributed by atoms with Gasteiger partial charge in [-0.15, -0.1) is 11.3 Å². The van der Waals surface area contributed by atoms with Gasteiger partial charge in [-0.2, -0.15) is 0 Å². The number of carbonyl (C=O) groups excluding carboxylic acids is 1. The normalized spacial score (nSPS) is 15.8. The maximum Gasteiger partial charge on any atom is 0.348 e. The number of carboxylic acid groups (broad SMARTS) is 1. The van der Waals surface area contributed by atoms with E-state index < -0.39 is 5.97 Å². The van der Waals surface area contributed by atoms with Gasteiger partial charge in [-0.25, -0.2) is 4.79 Å². The van der Waals surface area contributed by atoms with E-state index in [0.29, 0.717) is 10.6 Å². The van der Waals surface area contributed by atoms with Crippen molar-refractivity contribution in [1.29, 1.82) is 0 Å². The predicted octanol–water partition coefficient (Wildman–Crippen LogP) is 5.56. The third-order valence-electron chi connectivity index (χ3n) is 4.69.